The van der Waals surface area contributed by atoms with Gasteiger partial charge in [-0.1, -0.05) is 25.7 Å². The van der Waals surface area contributed by atoms with Gasteiger partial charge >= 0.3 is 0 Å². The van der Waals surface area contributed by atoms with Crippen molar-refractivity contribution in [1.29, 1.82) is 5.26 Å². The average Bonchev–Trinajstić information content (AvgIpc) is 2.42. The molecule has 0 aromatic heterocycles. The minimum absolute atomic E-state index is 0.0677. The number of hydrogen-bond donors (Lipinski definition) is 1. The molecule has 0 aromatic carbocycles. The van der Waals surface area contributed by atoms with E-state index in [0.29, 0.717) is 0 Å². The van der Waals surface area contributed by atoms with Crippen molar-refractivity contribution in [3.8, 4) is 6.07 Å². The lowest BCUT2D eigenvalue weighted by Gasteiger charge is -2.24. The fraction of sp³-hybridized carbons (Fsp3) is 0.833. The van der Waals surface area contributed by atoms with Gasteiger partial charge in [-0.25, -0.2) is 0 Å². The van der Waals surface area contributed by atoms with E-state index in [9.17, 15) is 10.1 Å². The van der Waals surface area contributed by atoms with Crippen molar-refractivity contribution in [3.05, 3.63) is 0 Å². The predicted octanol–water partition coefficient (Wildman–Crippen LogP) is 2.38. The molecule has 84 valence electrons. The molecule has 1 amide bonds. The molecule has 0 atom stereocenters. The van der Waals surface area contributed by atoms with Crippen molar-refractivity contribution in [2.24, 2.45) is 5.41 Å². The minimum atomic E-state index is -0.749. The number of nitrogens with zero attached hydrogens (tertiary/aromatic N) is 1. The van der Waals surface area contributed by atoms with E-state index < -0.39 is 5.41 Å². The summed E-state index contributed by atoms with van der Waals surface area (Å²) < 4.78 is 0. The first-order valence-electron chi connectivity index (χ1n) is 5.83. The Balaban J connectivity index is 2.74. The van der Waals surface area contributed by atoms with Crippen LogP contribution < -0.4 is 5.32 Å². The first-order valence-corrected chi connectivity index (χ1v) is 5.83. The Morgan fingerprint density at radius 3 is 2.20 bits per heavy atom. The van der Waals surface area contributed by atoms with Gasteiger partial charge < -0.3 is 5.32 Å². The minimum Gasteiger partial charge on any atom is -0.353 e. The van der Waals surface area contributed by atoms with Crippen LogP contribution >= 0.6 is 0 Å². The standard InChI is InChI=1S/C12H20N2O/c1-10(2)14-11(15)12(9-13)7-5-3-4-6-8-12/h10H,3-8H2,1-2H3,(H,14,15). The summed E-state index contributed by atoms with van der Waals surface area (Å²) in [4.78, 5) is 12.0. The molecule has 0 saturated heterocycles. The summed E-state index contributed by atoms with van der Waals surface area (Å²) in [5.41, 5.74) is -0.749. The molecule has 0 bridgehead atoms. The highest BCUT2D eigenvalue weighted by molar-refractivity contribution is 5.85. The van der Waals surface area contributed by atoms with Gasteiger partial charge in [-0.15, -0.1) is 0 Å². The summed E-state index contributed by atoms with van der Waals surface area (Å²) in [6, 6.07) is 2.37. The third-order valence-corrected chi connectivity index (χ3v) is 3.03. The molecular formula is C12H20N2O. The van der Waals surface area contributed by atoms with Crippen LogP contribution in [0.15, 0.2) is 0 Å². The van der Waals surface area contributed by atoms with Gasteiger partial charge in [0.15, 0.2) is 0 Å². The lowest BCUT2D eigenvalue weighted by Crippen LogP contribution is -2.42. The summed E-state index contributed by atoms with van der Waals surface area (Å²) in [6.07, 6.45) is 5.75. The number of carbonyl (C=O) groups is 1. The number of rotatable bonds is 2. The molecule has 1 N–H and O–H groups in total. The van der Waals surface area contributed by atoms with Crippen LogP contribution in [0.5, 0.6) is 0 Å². The van der Waals surface area contributed by atoms with E-state index >= 15 is 0 Å². The van der Waals surface area contributed by atoms with Gasteiger partial charge in [0.2, 0.25) is 5.91 Å². The Morgan fingerprint density at radius 2 is 1.80 bits per heavy atom. The zero-order valence-electron chi connectivity index (χ0n) is 9.68. The van der Waals surface area contributed by atoms with Crippen LogP contribution in [0.4, 0.5) is 0 Å². The van der Waals surface area contributed by atoms with Crippen LogP contribution in [0.25, 0.3) is 0 Å². The molecular weight excluding hydrogens is 188 g/mol. The Hall–Kier alpha value is -1.04. The second-order valence-corrected chi connectivity index (χ2v) is 4.74. The Labute approximate surface area is 91.9 Å². The molecule has 0 spiro atoms. The van der Waals surface area contributed by atoms with E-state index in [4.69, 9.17) is 0 Å². The van der Waals surface area contributed by atoms with Gasteiger partial charge in [-0.3, -0.25) is 4.79 Å². The fourth-order valence-electron chi connectivity index (χ4n) is 2.12. The molecule has 0 aliphatic heterocycles. The van der Waals surface area contributed by atoms with E-state index in [1.165, 1.54) is 0 Å². The molecule has 1 aliphatic rings. The Morgan fingerprint density at radius 1 is 1.27 bits per heavy atom. The zero-order valence-corrected chi connectivity index (χ0v) is 9.68. The van der Waals surface area contributed by atoms with E-state index in [1.54, 1.807) is 0 Å². The maximum Gasteiger partial charge on any atom is 0.240 e. The smallest absolute Gasteiger partial charge is 0.240 e. The summed E-state index contributed by atoms with van der Waals surface area (Å²) in [5, 5.41) is 12.1. The molecule has 0 radical (unpaired) electrons. The summed E-state index contributed by atoms with van der Waals surface area (Å²) in [6.45, 7) is 3.86. The van der Waals surface area contributed by atoms with Gasteiger partial charge in [-0.05, 0) is 26.7 Å². The second-order valence-electron chi connectivity index (χ2n) is 4.74. The van der Waals surface area contributed by atoms with Gasteiger partial charge in [0.05, 0.1) is 6.07 Å². The topological polar surface area (TPSA) is 52.9 Å². The number of hydrogen-bond acceptors (Lipinski definition) is 2. The van der Waals surface area contributed by atoms with Gasteiger partial charge in [0.1, 0.15) is 5.41 Å². The highest BCUT2D eigenvalue weighted by Crippen LogP contribution is 2.34. The van der Waals surface area contributed by atoms with Gasteiger partial charge in [0, 0.05) is 6.04 Å². The molecule has 1 saturated carbocycles. The van der Waals surface area contributed by atoms with Gasteiger partial charge in [-0.2, -0.15) is 5.26 Å². The fourth-order valence-corrected chi connectivity index (χ4v) is 2.12. The van der Waals surface area contributed by atoms with Crippen molar-refractivity contribution < 1.29 is 4.79 Å². The lowest BCUT2D eigenvalue weighted by molar-refractivity contribution is -0.129. The van der Waals surface area contributed by atoms with E-state index in [0.717, 1.165) is 38.5 Å². The van der Waals surface area contributed by atoms with Crippen molar-refractivity contribution in [2.75, 3.05) is 0 Å². The van der Waals surface area contributed by atoms with Crippen LogP contribution in [0.1, 0.15) is 52.4 Å². The van der Waals surface area contributed by atoms with Crippen molar-refractivity contribution in [2.45, 2.75) is 58.4 Å². The maximum atomic E-state index is 12.0. The number of carbonyl (C=O) groups excluding carboxylic acids is 1. The summed E-state index contributed by atoms with van der Waals surface area (Å²) in [7, 11) is 0. The zero-order chi connectivity index (χ0) is 11.3. The molecule has 1 aliphatic carbocycles. The predicted molar refractivity (Wildman–Crippen MR) is 59.0 cm³/mol. The van der Waals surface area contributed by atoms with Gasteiger partial charge in [0.25, 0.3) is 0 Å². The van der Waals surface area contributed by atoms with Crippen molar-refractivity contribution >= 4 is 5.91 Å². The lowest BCUT2D eigenvalue weighted by atomic mass is 9.81. The third-order valence-electron chi connectivity index (χ3n) is 3.03. The number of nitriles is 1. The quantitative estimate of drug-likeness (QED) is 0.708. The molecule has 3 nitrogen and oxygen atoms in total. The highest BCUT2D eigenvalue weighted by atomic mass is 16.2. The van der Waals surface area contributed by atoms with Crippen molar-refractivity contribution in [1.82, 2.24) is 5.32 Å². The van der Waals surface area contributed by atoms with E-state index in [-0.39, 0.29) is 11.9 Å². The molecule has 1 fully saturated rings. The third kappa shape index (κ3) is 2.95. The first kappa shape index (κ1) is 12.0. The Kier molecular flexibility index (Phi) is 4.14. The SMILES string of the molecule is CC(C)NC(=O)C1(C#N)CCCCCC1. The summed E-state index contributed by atoms with van der Waals surface area (Å²) in [5.74, 6) is -0.0677. The average molecular weight is 208 g/mol. The molecule has 0 heterocycles. The van der Waals surface area contributed by atoms with Crippen LogP contribution in [0.2, 0.25) is 0 Å². The Bertz CT molecular complexity index is 257. The maximum absolute atomic E-state index is 12.0. The molecule has 3 heteroatoms. The second kappa shape index (κ2) is 5.16. The number of nitrogens with one attached hydrogen (secondary N) is 1. The van der Waals surface area contributed by atoms with E-state index in [2.05, 4.69) is 11.4 Å². The van der Waals surface area contributed by atoms with Crippen molar-refractivity contribution in [3.63, 3.8) is 0 Å². The largest absolute Gasteiger partial charge is 0.353 e. The monoisotopic (exact) mass is 208 g/mol. The molecule has 0 aromatic rings. The van der Waals surface area contributed by atoms with Crippen LogP contribution in [0.3, 0.4) is 0 Å². The van der Waals surface area contributed by atoms with Crippen LogP contribution in [-0.4, -0.2) is 11.9 Å². The first-order chi connectivity index (χ1) is 7.10. The van der Waals surface area contributed by atoms with Crippen LogP contribution in [-0.2, 0) is 4.79 Å². The highest BCUT2D eigenvalue weighted by Gasteiger charge is 2.38. The molecule has 0 unspecified atom stereocenters. The van der Waals surface area contributed by atoms with E-state index in [1.807, 2.05) is 13.8 Å². The summed E-state index contributed by atoms with van der Waals surface area (Å²) >= 11 is 0. The molecule has 15 heavy (non-hydrogen) atoms. The van der Waals surface area contributed by atoms with Crippen LogP contribution in [0, 0.1) is 16.7 Å². The normalized spacial score (nSPS) is 20.4. The number of amides is 1. The molecule has 1 rings (SSSR count).